The third kappa shape index (κ3) is 4.06. The fourth-order valence-electron chi connectivity index (χ4n) is 2.30. The van der Waals surface area contributed by atoms with Gasteiger partial charge in [0.25, 0.3) is 0 Å². The van der Waals surface area contributed by atoms with Crippen molar-refractivity contribution in [1.29, 1.82) is 0 Å². The minimum atomic E-state index is -4.08. The molecule has 0 spiro atoms. The largest absolute Gasteiger partial charge is 0.241 e. The Morgan fingerprint density at radius 3 is 2.32 bits per heavy atom. The fourth-order valence-corrected chi connectivity index (χ4v) is 3.52. The number of nitrogens with zero attached hydrogens (tertiary/aromatic N) is 3. The Kier molecular flexibility index (Phi) is 4.86. The van der Waals surface area contributed by atoms with Crippen molar-refractivity contribution < 1.29 is 17.2 Å². The molecule has 1 N–H and O–H groups in total. The molecule has 0 aliphatic carbocycles. The average molecular weight is 364 g/mol. The van der Waals surface area contributed by atoms with E-state index in [-0.39, 0.29) is 11.4 Å². The molecule has 0 aliphatic heterocycles. The lowest BCUT2D eigenvalue weighted by Gasteiger charge is -2.19. The quantitative estimate of drug-likeness (QED) is 0.728. The molecule has 25 heavy (non-hydrogen) atoms. The first-order valence-corrected chi connectivity index (χ1v) is 8.80. The molecule has 2 aromatic carbocycles. The van der Waals surface area contributed by atoms with Crippen LogP contribution in [0.3, 0.4) is 0 Å². The Morgan fingerprint density at radius 1 is 1.00 bits per heavy atom. The zero-order valence-electron chi connectivity index (χ0n) is 12.9. The standard InChI is InChI=1S/C16H14F2N4O2S/c17-14-7-6-13(10-15(14)18)25(23,24)21-16(11-22-19-8-9-20-22)12-4-2-1-3-5-12/h1-10,16,21H,11H2. The van der Waals surface area contributed by atoms with Crippen LogP contribution in [0.4, 0.5) is 8.78 Å². The number of nitrogens with one attached hydrogen (secondary N) is 1. The average Bonchev–Trinajstić information content (AvgIpc) is 3.10. The van der Waals surface area contributed by atoms with Crippen LogP contribution in [0, 0.1) is 11.6 Å². The number of rotatable bonds is 6. The molecule has 0 fully saturated rings. The van der Waals surface area contributed by atoms with Gasteiger partial charge in [0.05, 0.1) is 29.9 Å². The van der Waals surface area contributed by atoms with Crippen molar-refractivity contribution in [2.24, 2.45) is 0 Å². The van der Waals surface area contributed by atoms with E-state index in [0.29, 0.717) is 11.6 Å². The van der Waals surface area contributed by atoms with E-state index >= 15 is 0 Å². The molecule has 3 rings (SSSR count). The Hall–Kier alpha value is -2.65. The summed E-state index contributed by atoms with van der Waals surface area (Å²) in [5.74, 6) is -2.34. The molecule has 1 unspecified atom stereocenters. The minimum Gasteiger partial charge on any atom is -0.207 e. The van der Waals surface area contributed by atoms with Gasteiger partial charge in [0, 0.05) is 0 Å². The van der Waals surface area contributed by atoms with Gasteiger partial charge in [-0.15, -0.1) is 0 Å². The maximum Gasteiger partial charge on any atom is 0.241 e. The summed E-state index contributed by atoms with van der Waals surface area (Å²) in [6.45, 7) is 0.139. The summed E-state index contributed by atoms with van der Waals surface area (Å²) >= 11 is 0. The van der Waals surface area contributed by atoms with Gasteiger partial charge in [0.1, 0.15) is 0 Å². The van der Waals surface area contributed by atoms with E-state index < -0.39 is 27.7 Å². The van der Waals surface area contributed by atoms with Crippen molar-refractivity contribution in [1.82, 2.24) is 19.7 Å². The van der Waals surface area contributed by atoms with Gasteiger partial charge in [-0.1, -0.05) is 30.3 Å². The van der Waals surface area contributed by atoms with E-state index in [9.17, 15) is 17.2 Å². The molecular formula is C16H14F2N4O2S. The molecule has 130 valence electrons. The monoisotopic (exact) mass is 364 g/mol. The maximum absolute atomic E-state index is 13.4. The lowest BCUT2D eigenvalue weighted by molar-refractivity contribution is 0.444. The molecule has 0 aliphatic rings. The van der Waals surface area contributed by atoms with Crippen LogP contribution in [0.25, 0.3) is 0 Å². The van der Waals surface area contributed by atoms with Gasteiger partial charge in [-0.3, -0.25) is 0 Å². The molecule has 1 heterocycles. The summed E-state index contributed by atoms with van der Waals surface area (Å²) in [7, 11) is -4.08. The summed E-state index contributed by atoms with van der Waals surface area (Å²) in [5.41, 5.74) is 0.686. The summed E-state index contributed by atoms with van der Waals surface area (Å²) in [6, 6.07) is 10.6. The van der Waals surface area contributed by atoms with Gasteiger partial charge in [0.2, 0.25) is 10.0 Å². The first kappa shape index (κ1) is 17.2. The van der Waals surface area contributed by atoms with E-state index in [1.807, 2.05) is 0 Å². The van der Waals surface area contributed by atoms with E-state index in [4.69, 9.17) is 0 Å². The maximum atomic E-state index is 13.4. The van der Waals surface area contributed by atoms with Gasteiger partial charge in [-0.25, -0.2) is 21.9 Å². The lowest BCUT2D eigenvalue weighted by atomic mass is 10.1. The summed E-state index contributed by atoms with van der Waals surface area (Å²) in [4.78, 5) is 0.978. The SMILES string of the molecule is O=S(=O)(NC(Cn1nccn1)c1ccccc1)c1ccc(F)c(F)c1. The second-order valence-electron chi connectivity index (χ2n) is 5.24. The van der Waals surface area contributed by atoms with Crippen molar-refractivity contribution in [2.75, 3.05) is 0 Å². The lowest BCUT2D eigenvalue weighted by Crippen LogP contribution is -2.32. The van der Waals surface area contributed by atoms with Gasteiger partial charge in [0.15, 0.2) is 11.6 Å². The number of halogens is 2. The number of hydrogen-bond acceptors (Lipinski definition) is 4. The third-order valence-electron chi connectivity index (χ3n) is 3.51. The highest BCUT2D eigenvalue weighted by atomic mass is 32.2. The Labute approximate surface area is 143 Å². The highest BCUT2D eigenvalue weighted by molar-refractivity contribution is 7.89. The van der Waals surface area contributed by atoms with Crippen LogP contribution in [-0.4, -0.2) is 23.4 Å². The molecule has 6 nitrogen and oxygen atoms in total. The van der Waals surface area contributed by atoms with Crippen LogP contribution in [0.5, 0.6) is 0 Å². The molecular weight excluding hydrogens is 350 g/mol. The minimum absolute atomic E-state index is 0.139. The molecule has 0 amide bonds. The van der Waals surface area contributed by atoms with Crippen LogP contribution >= 0.6 is 0 Å². The Bertz CT molecular complexity index is 948. The van der Waals surface area contributed by atoms with E-state index in [0.717, 1.165) is 12.1 Å². The second kappa shape index (κ2) is 7.08. The first-order valence-electron chi connectivity index (χ1n) is 7.32. The molecule has 0 saturated heterocycles. The van der Waals surface area contributed by atoms with Crippen LogP contribution in [0.2, 0.25) is 0 Å². The smallest absolute Gasteiger partial charge is 0.207 e. The number of sulfonamides is 1. The molecule has 0 radical (unpaired) electrons. The fraction of sp³-hybridized carbons (Fsp3) is 0.125. The number of benzene rings is 2. The molecule has 0 bridgehead atoms. The predicted molar refractivity (Wildman–Crippen MR) is 85.9 cm³/mol. The summed E-state index contributed by atoms with van der Waals surface area (Å²) in [6.07, 6.45) is 2.96. The first-order chi connectivity index (χ1) is 12.0. The Balaban J connectivity index is 1.92. The second-order valence-corrected chi connectivity index (χ2v) is 6.96. The topological polar surface area (TPSA) is 76.9 Å². The van der Waals surface area contributed by atoms with Crippen molar-refractivity contribution in [2.45, 2.75) is 17.5 Å². The van der Waals surface area contributed by atoms with Gasteiger partial charge in [-0.05, 0) is 23.8 Å². The van der Waals surface area contributed by atoms with Crippen molar-refractivity contribution in [3.8, 4) is 0 Å². The molecule has 0 saturated carbocycles. The number of aromatic nitrogens is 3. The Morgan fingerprint density at radius 2 is 1.68 bits per heavy atom. The van der Waals surface area contributed by atoms with Crippen LogP contribution < -0.4 is 4.72 Å². The van der Waals surface area contributed by atoms with Gasteiger partial charge in [-0.2, -0.15) is 15.0 Å². The van der Waals surface area contributed by atoms with Gasteiger partial charge >= 0.3 is 0 Å². The normalized spacial score (nSPS) is 12.9. The van der Waals surface area contributed by atoms with Gasteiger partial charge < -0.3 is 0 Å². The van der Waals surface area contributed by atoms with Crippen LogP contribution in [-0.2, 0) is 16.6 Å². The molecule has 1 aromatic heterocycles. The number of hydrogen-bond donors (Lipinski definition) is 1. The van der Waals surface area contributed by atoms with Crippen LogP contribution in [0.1, 0.15) is 11.6 Å². The van der Waals surface area contributed by atoms with Crippen molar-refractivity contribution >= 4 is 10.0 Å². The zero-order valence-corrected chi connectivity index (χ0v) is 13.7. The van der Waals surface area contributed by atoms with E-state index in [2.05, 4.69) is 14.9 Å². The highest BCUT2D eigenvalue weighted by Crippen LogP contribution is 2.20. The predicted octanol–water partition coefficient (Wildman–Crippen LogP) is 2.28. The molecule has 3 aromatic rings. The van der Waals surface area contributed by atoms with Crippen molar-refractivity contribution in [3.05, 3.63) is 78.1 Å². The molecule has 1 atom stereocenters. The van der Waals surface area contributed by atoms with Crippen LogP contribution in [0.15, 0.2) is 65.8 Å². The zero-order chi connectivity index (χ0) is 17.9. The summed E-state index contributed by atoms with van der Waals surface area (Å²) < 4.78 is 54.0. The third-order valence-corrected chi connectivity index (χ3v) is 4.98. The highest BCUT2D eigenvalue weighted by Gasteiger charge is 2.23. The molecule has 9 heteroatoms. The summed E-state index contributed by atoms with van der Waals surface area (Å²) in [5, 5.41) is 7.94. The van der Waals surface area contributed by atoms with E-state index in [1.54, 1.807) is 30.3 Å². The van der Waals surface area contributed by atoms with Crippen molar-refractivity contribution in [3.63, 3.8) is 0 Å². The van der Waals surface area contributed by atoms with E-state index in [1.165, 1.54) is 17.2 Å².